The Bertz CT molecular complexity index is 484. The van der Waals surface area contributed by atoms with Crippen LogP contribution in [0.2, 0.25) is 0 Å². The van der Waals surface area contributed by atoms with E-state index in [1.807, 2.05) is 12.1 Å². The Kier molecular flexibility index (Phi) is 1.92. The molecule has 1 amide bonds. The Hall–Kier alpha value is -2.24. The first-order valence-corrected chi connectivity index (χ1v) is 4.82. The molecule has 0 aromatic heterocycles. The van der Waals surface area contributed by atoms with Gasteiger partial charge in [-0.2, -0.15) is 0 Å². The lowest BCUT2D eigenvalue weighted by atomic mass is 10.3. The second-order valence-electron chi connectivity index (χ2n) is 3.41. The van der Waals surface area contributed by atoms with E-state index >= 15 is 0 Å². The van der Waals surface area contributed by atoms with E-state index in [9.17, 15) is 4.79 Å². The molecule has 0 radical (unpaired) electrons. The van der Waals surface area contributed by atoms with Crippen LogP contribution in [0.1, 0.15) is 0 Å². The first-order valence-electron chi connectivity index (χ1n) is 4.82. The van der Waals surface area contributed by atoms with Crippen molar-refractivity contribution < 1.29 is 14.3 Å². The normalized spacial score (nSPS) is 17.0. The van der Waals surface area contributed by atoms with E-state index in [0.29, 0.717) is 11.7 Å². The Morgan fingerprint density at radius 2 is 2.19 bits per heavy atom. The number of aliphatic imine (C=N–C) groups is 1. The molecule has 0 bridgehead atoms. The number of carbonyl (C=O) groups is 1. The van der Waals surface area contributed by atoms with Gasteiger partial charge in [-0.1, -0.05) is 0 Å². The lowest BCUT2D eigenvalue weighted by Gasteiger charge is -2.06. The van der Waals surface area contributed by atoms with Crippen molar-refractivity contribution >= 4 is 17.6 Å². The number of hydrogen-bond acceptors (Lipinski definition) is 5. The zero-order chi connectivity index (χ0) is 11.0. The van der Waals surface area contributed by atoms with Gasteiger partial charge >= 0.3 is 0 Å². The predicted molar refractivity (Wildman–Crippen MR) is 56.6 cm³/mol. The number of hydrogen-bond donors (Lipinski definition) is 2. The maximum Gasteiger partial charge on any atom is 0.248 e. The van der Waals surface area contributed by atoms with E-state index in [1.165, 1.54) is 0 Å². The molecule has 0 atom stereocenters. The maximum absolute atomic E-state index is 10.9. The summed E-state index contributed by atoms with van der Waals surface area (Å²) in [7, 11) is 0. The highest BCUT2D eigenvalue weighted by atomic mass is 16.7. The van der Waals surface area contributed by atoms with Gasteiger partial charge in [-0.15, -0.1) is 0 Å². The number of nitrogens with one attached hydrogen (secondary N) is 2. The molecule has 2 aliphatic heterocycles. The third-order valence-corrected chi connectivity index (χ3v) is 2.27. The summed E-state index contributed by atoms with van der Waals surface area (Å²) in [5.74, 6) is 1.77. The number of guanidine groups is 1. The molecule has 2 aliphatic rings. The van der Waals surface area contributed by atoms with Crippen molar-refractivity contribution in [2.75, 3.05) is 18.7 Å². The van der Waals surface area contributed by atoms with Crippen molar-refractivity contribution in [3.8, 4) is 11.5 Å². The van der Waals surface area contributed by atoms with Gasteiger partial charge in [-0.25, -0.2) is 4.99 Å². The van der Waals surface area contributed by atoms with Crippen molar-refractivity contribution in [1.29, 1.82) is 0 Å². The van der Waals surface area contributed by atoms with Gasteiger partial charge in [0.2, 0.25) is 18.7 Å². The SMILES string of the molecule is O=C1CN=C(Nc2ccc3c(c2)OCO3)N1. The third kappa shape index (κ3) is 1.54. The monoisotopic (exact) mass is 219 g/mol. The lowest BCUT2D eigenvalue weighted by molar-refractivity contribution is -0.117. The van der Waals surface area contributed by atoms with Gasteiger partial charge in [-0.05, 0) is 12.1 Å². The molecule has 3 rings (SSSR count). The molecule has 2 heterocycles. The van der Waals surface area contributed by atoms with Crippen LogP contribution >= 0.6 is 0 Å². The second kappa shape index (κ2) is 3.41. The molecule has 0 saturated carbocycles. The van der Waals surface area contributed by atoms with E-state index in [2.05, 4.69) is 15.6 Å². The summed E-state index contributed by atoms with van der Waals surface area (Å²) in [5, 5.41) is 5.58. The molecular formula is C10H9N3O3. The molecular weight excluding hydrogens is 210 g/mol. The van der Waals surface area contributed by atoms with Crippen LogP contribution in [0.15, 0.2) is 23.2 Å². The first kappa shape index (κ1) is 9.02. The minimum atomic E-state index is -0.108. The Labute approximate surface area is 91.3 Å². The molecule has 0 aliphatic carbocycles. The van der Waals surface area contributed by atoms with E-state index in [-0.39, 0.29) is 19.2 Å². The number of amides is 1. The Morgan fingerprint density at radius 1 is 1.31 bits per heavy atom. The summed E-state index contributed by atoms with van der Waals surface area (Å²) < 4.78 is 10.4. The molecule has 16 heavy (non-hydrogen) atoms. The standard InChI is InChI=1S/C10H9N3O3/c14-9-4-11-10(13-9)12-6-1-2-7-8(3-6)16-5-15-7/h1-3H,4-5H2,(H2,11,12,13,14). The smallest absolute Gasteiger partial charge is 0.248 e. The van der Waals surface area contributed by atoms with Gasteiger partial charge in [0.15, 0.2) is 11.5 Å². The van der Waals surface area contributed by atoms with Gasteiger partial charge in [0.05, 0.1) is 0 Å². The zero-order valence-electron chi connectivity index (χ0n) is 8.32. The van der Waals surface area contributed by atoms with E-state index in [0.717, 1.165) is 11.4 Å². The van der Waals surface area contributed by atoms with Gasteiger partial charge in [-0.3, -0.25) is 10.1 Å². The molecule has 6 nitrogen and oxygen atoms in total. The van der Waals surface area contributed by atoms with Crippen LogP contribution < -0.4 is 20.1 Å². The molecule has 1 aromatic carbocycles. The number of ether oxygens (including phenoxy) is 2. The van der Waals surface area contributed by atoms with Gasteiger partial charge in [0, 0.05) is 11.8 Å². The lowest BCUT2D eigenvalue weighted by Crippen LogP contribution is -2.30. The molecule has 2 N–H and O–H groups in total. The highest BCUT2D eigenvalue weighted by Gasteiger charge is 2.16. The van der Waals surface area contributed by atoms with E-state index in [4.69, 9.17) is 9.47 Å². The van der Waals surface area contributed by atoms with Crippen LogP contribution in [-0.2, 0) is 4.79 Å². The van der Waals surface area contributed by atoms with Crippen molar-refractivity contribution in [3.05, 3.63) is 18.2 Å². The number of anilines is 1. The van der Waals surface area contributed by atoms with E-state index < -0.39 is 0 Å². The number of carbonyl (C=O) groups excluding carboxylic acids is 1. The first-order chi connectivity index (χ1) is 7.81. The summed E-state index contributed by atoms with van der Waals surface area (Å²) in [6.07, 6.45) is 0. The molecule has 0 unspecified atom stereocenters. The summed E-state index contributed by atoms with van der Waals surface area (Å²) in [6, 6.07) is 5.44. The Morgan fingerprint density at radius 3 is 3.00 bits per heavy atom. The number of fused-ring (bicyclic) bond motifs is 1. The summed E-state index contributed by atoms with van der Waals surface area (Å²) in [6.45, 7) is 0.420. The fourth-order valence-corrected chi connectivity index (χ4v) is 1.54. The molecule has 0 spiro atoms. The van der Waals surface area contributed by atoms with Crippen molar-refractivity contribution in [3.63, 3.8) is 0 Å². The summed E-state index contributed by atoms with van der Waals surface area (Å²) >= 11 is 0. The minimum absolute atomic E-state index is 0.108. The highest BCUT2D eigenvalue weighted by Crippen LogP contribution is 2.34. The number of benzene rings is 1. The zero-order valence-corrected chi connectivity index (χ0v) is 8.32. The molecule has 1 aromatic rings. The molecule has 6 heteroatoms. The molecule has 0 saturated heterocycles. The minimum Gasteiger partial charge on any atom is -0.454 e. The molecule has 82 valence electrons. The number of rotatable bonds is 1. The topological polar surface area (TPSA) is 72.0 Å². The summed E-state index contributed by atoms with van der Waals surface area (Å²) in [5.41, 5.74) is 0.796. The van der Waals surface area contributed by atoms with Crippen molar-refractivity contribution in [2.24, 2.45) is 4.99 Å². The van der Waals surface area contributed by atoms with Crippen LogP contribution in [0.25, 0.3) is 0 Å². The molecule has 0 fully saturated rings. The summed E-state index contributed by atoms with van der Waals surface area (Å²) in [4.78, 5) is 14.9. The van der Waals surface area contributed by atoms with Crippen molar-refractivity contribution in [1.82, 2.24) is 5.32 Å². The predicted octanol–water partition coefficient (Wildman–Crippen LogP) is 0.313. The fraction of sp³-hybridized carbons (Fsp3) is 0.200. The average Bonchev–Trinajstić information content (AvgIpc) is 2.87. The third-order valence-electron chi connectivity index (χ3n) is 2.27. The van der Waals surface area contributed by atoms with Crippen LogP contribution in [0.3, 0.4) is 0 Å². The van der Waals surface area contributed by atoms with Crippen LogP contribution in [0.5, 0.6) is 11.5 Å². The van der Waals surface area contributed by atoms with Gasteiger partial charge < -0.3 is 14.8 Å². The van der Waals surface area contributed by atoms with E-state index in [1.54, 1.807) is 6.07 Å². The van der Waals surface area contributed by atoms with Crippen LogP contribution in [0, 0.1) is 0 Å². The van der Waals surface area contributed by atoms with Gasteiger partial charge in [0.25, 0.3) is 0 Å². The highest BCUT2D eigenvalue weighted by molar-refractivity contribution is 6.09. The number of nitrogens with zero attached hydrogens (tertiary/aromatic N) is 1. The fourth-order valence-electron chi connectivity index (χ4n) is 1.54. The average molecular weight is 219 g/mol. The quantitative estimate of drug-likeness (QED) is 0.713. The van der Waals surface area contributed by atoms with Crippen LogP contribution in [-0.4, -0.2) is 25.2 Å². The Balaban J connectivity index is 1.78. The van der Waals surface area contributed by atoms with Crippen molar-refractivity contribution in [2.45, 2.75) is 0 Å². The largest absolute Gasteiger partial charge is 0.454 e. The van der Waals surface area contributed by atoms with Crippen LogP contribution in [0.4, 0.5) is 5.69 Å². The second-order valence-corrected chi connectivity index (χ2v) is 3.41. The van der Waals surface area contributed by atoms with Gasteiger partial charge in [0.1, 0.15) is 6.54 Å². The maximum atomic E-state index is 10.9.